The molecule has 2 N–H and O–H groups in total. The van der Waals surface area contributed by atoms with Crippen LogP contribution >= 0.6 is 0 Å². The zero-order valence-corrected chi connectivity index (χ0v) is 12.3. The van der Waals surface area contributed by atoms with E-state index in [0.717, 1.165) is 25.2 Å². The van der Waals surface area contributed by atoms with Gasteiger partial charge in [0.2, 0.25) is 0 Å². The summed E-state index contributed by atoms with van der Waals surface area (Å²) in [6.45, 7) is 4.89. The molecule has 1 saturated heterocycles. The zero-order valence-electron chi connectivity index (χ0n) is 12.3. The lowest BCUT2D eigenvalue weighted by Crippen LogP contribution is -2.40. The van der Waals surface area contributed by atoms with E-state index in [9.17, 15) is 4.79 Å². The Balaban J connectivity index is 1.83. The number of piperidine rings is 1. The molecule has 110 valence electrons. The van der Waals surface area contributed by atoms with Crippen LogP contribution in [0.1, 0.15) is 36.8 Å². The highest BCUT2D eigenvalue weighted by molar-refractivity contribution is 5.75. The summed E-state index contributed by atoms with van der Waals surface area (Å²) >= 11 is 0. The number of benzene rings is 1. The molecule has 2 rings (SSSR count). The van der Waals surface area contributed by atoms with Crippen molar-refractivity contribution in [3.8, 4) is 0 Å². The molecular formula is C16H24N2O2. The number of nitrogens with one attached hydrogen (secondary N) is 1. The van der Waals surface area contributed by atoms with Crippen LogP contribution < -0.4 is 5.32 Å². The molecule has 1 aliphatic rings. The minimum atomic E-state index is -0.776. The molecule has 0 bridgehead atoms. The maximum atomic E-state index is 10.9. The predicted molar refractivity (Wildman–Crippen MR) is 79.9 cm³/mol. The second-order valence-corrected chi connectivity index (χ2v) is 5.76. The van der Waals surface area contributed by atoms with Gasteiger partial charge in [-0.25, -0.2) is 0 Å². The summed E-state index contributed by atoms with van der Waals surface area (Å²) in [6.07, 6.45) is 2.40. The third-order valence-corrected chi connectivity index (χ3v) is 4.16. The highest BCUT2D eigenvalue weighted by Gasteiger charge is 2.16. The Morgan fingerprint density at radius 1 is 1.35 bits per heavy atom. The monoisotopic (exact) mass is 276 g/mol. The van der Waals surface area contributed by atoms with Gasteiger partial charge >= 0.3 is 5.97 Å². The molecule has 0 radical (unpaired) electrons. The van der Waals surface area contributed by atoms with Crippen molar-refractivity contribution in [3.63, 3.8) is 0 Å². The molecular weight excluding hydrogens is 252 g/mol. The normalized spacial score (nSPS) is 18.9. The average molecular weight is 276 g/mol. The molecule has 0 aromatic heterocycles. The standard InChI is InChI=1S/C16H24N2O2/c1-12(16(19)20)14-5-3-13(4-6-14)11-17-15-7-9-18(2)10-8-15/h3-6,12,15,17H,7-11H2,1-2H3,(H,19,20). The third-order valence-electron chi connectivity index (χ3n) is 4.16. The highest BCUT2D eigenvalue weighted by atomic mass is 16.4. The second-order valence-electron chi connectivity index (χ2n) is 5.76. The third kappa shape index (κ3) is 4.05. The molecule has 0 saturated carbocycles. The van der Waals surface area contributed by atoms with E-state index >= 15 is 0 Å². The van der Waals surface area contributed by atoms with Crippen molar-refractivity contribution >= 4 is 5.97 Å². The van der Waals surface area contributed by atoms with Crippen molar-refractivity contribution in [2.75, 3.05) is 20.1 Å². The topological polar surface area (TPSA) is 52.6 Å². The van der Waals surface area contributed by atoms with Crippen LogP contribution in [0.4, 0.5) is 0 Å². The fourth-order valence-corrected chi connectivity index (χ4v) is 2.54. The Kier molecular flexibility index (Phi) is 5.15. The fourth-order valence-electron chi connectivity index (χ4n) is 2.54. The van der Waals surface area contributed by atoms with Crippen LogP contribution in [-0.4, -0.2) is 42.2 Å². The maximum Gasteiger partial charge on any atom is 0.310 e. The number of carbonyl (C=O) groups is 1. The molecule has 4 nitrogen and oxygen atoms in total. The van der Waals surface area contributed by atoms with Gasteiger partial charge in [-0.1, -0.05) is 24.3 Å². The van der Waals surface area contributed by atoms with E-state index in [1.807, 2.05) is 24.3 Å². The van der Waals surface area contributed by atoms with Gasteiger partial charge in [0.05, 0.1) is 5.92 Å². The Labute approximate surface area is 120 Å². The Bertz CT molecular complexity index is 436. The first-order valence-corrected chi connectivity index (χ1v) is 7.30. The van der Waals surface area contributed by atoms with Crippen molar-refractivity contribution in [1.29, 1.82) is 0 Å². The first-order valence-electron chi connectivity index (χ1n) is 7.30. The van der Waals surface area contributed by atoms with Crippen molar-refractivity contribution in [1.82, 2.24) is 10.2 Å². The summed E-state index contributed by atoms with van der Waals surface area (Å²) < 4.78 is 0. The zero-order chi connectivity index (χ0) is 14.5. The molecule has 1 atom stereocenters. The smallest absolute Gasteiger partial charge is 0.310 e. The minimum Gasteiger partial charge on any atom is -0.481 e. The van der Waals surface area contributed by atoms with Crippen molar-refractivity contribution in [3.05, 3.63) is 35.4 Å². The number of aliphatic carboxylic acids is 1. The number of nitrogens with zero attached hydrogens (tertiary/aromatic N) is 1. The molecule has 1 heterocycles. The van der Waals surface area contributed by atoms with E-state index in [2.05, 4.69) is 17.3 Å². The summed E-state index contributed by atoms with van der Waals surface area (Å²) in [5, 5.41) is 12.6. The van der Waals surface area contributed by atoms with Gasteiger partial charge in [-0.2, -0.15) is 0 Å². The van der Waals surface area contributed by atoms with Gasteiger partial charge < -0.3 is 15.3 Å². The number of hydrogen-bond acceptors (Lipinski definition) is 3. The molecule has 1 aliphatic heterocycles. The number of rotatable bonds is 5. The second kappa shape index (κ2) is 6.86. The molecule has 1 aromatic carbocycles. The lowest BCUT2D eigenvalue weighted by molar-refractivity contribution is -0.138. The maximum absolute atomic E-state index is 10.9. The number of carboxylic acids is 1. The van der Waals surface area contributed by atoms with Crippen molar-refractivity contribution < 1.29 is 9.90 Å². The van der Waals surface area contributed by atoms with Gasteiger partial charge in [-0.15, -0.1) is 0 Å². The van der Waals surface area contributed by atoms with Crippen LogP contribution in [-0.2, 0) is 11.3 Å². The van der Waals surface area contributed by atoms with Gasteiger partial charge in [-0.3, -0.25) is 4.79 Å². The quantitative estimate of drug-likeness (QED) is 0.864. The van der Waals surface area contributed by atoms with Gasteiger partial charge in [0.15, 0.2) is 0 Å². The molecule has 0 spiro atoms. The highest BCUT2D eigenvalue weighted by Crippen LogP contribution is 2.16. The van der Waals surface area contributed by atoms with Crippen LogP contribution in [0.2, 0.25) is 0 Å². The Morgan fingerprint density at radius 3 is 2.50 bits per heavy atom. The van der Waals surface area contributed by atoms with Crippen molar-refractivity contribution in [2.24, 2.45) is 0 Å². The first-order chi connectivity index (χ1) is 9.56. The van der Waals surface area contributed by atoms with E-state index in [1.54, 1.807) is 6.92 Å². The van der Waals surface area contributed by atoms with E-state index in [4.69, 9.17) is 5.11 Å². The number of likely N-dealkylation sites (tertiary alicyclic amines) is 1. The summed E-state index contributed by atoms with van der Waals surface area (Å²) in [5.41, 5.74) is 2.07. The molecule has 20 heavy (non-hydrogen) atoms. The largest absolute Gasteiger partial charge is 0.481 e. The van der Waals surface area contributed by atoms with Gasteiger partial charge in [0.1, 0.15) is 0 Å². The SMILES string of the molecule is CC(C(=O)O)c1ccc(CNC2CCN(C)CC2)cc1. The summed E-state index contributed by atoms with van der Waals surface area (Å²) in [5.74, 6) is -1.21. The fraction of sp³-hybridized carbons (Fsp3) is 0.562. The summed E-state index contributed by atoms with van der Waals surface area (Å²) in [4.78, 5) is 13.3. The number of hydrogen-bond donors (Lipinski definition) is 2. The summed E-state index contributed by atoms with van der Waals surface area (Å²) in [7, 11) is 2.17. The molecule has 1 unspecified atom stereocenters. The number of carboxylic acid groups (broad SMARTS) is 1. The van der Waals surface area contributed by atoms with Crippen LogP contribution in [0.3, 0.4) is 0 Å². The van der Waals surface area contributed by atoms with Gasteiger partial charge in [0.25, 0.3) is 0 Å². The molecule has 1 fully saturated rings. The first kappa shape index (κ1) is 15.0. The van der Waals surface area contributed by atoms with E-state index in [1.165, 1.54) is 18.4 Å². The van der Waals surface area contributed by atoms with Crippen LogP contribution in [0.15, 0.2) is 24.3 Å². The van der Waals surface area contributed by atoms with Crippen LogP contribution in [0.25, 0.3) is 0 Å². The van der Waals surface area contributed by atoms with E-state index in [-0.39, 0.29) is 0 Å². The lowest BCUT2D eigenvalue weighted by Gasteiger charge is -2.29. The molecule has 1 aromatic rings. The van der Waals surface area contributed by atoms with Gasteiger partial charge in [0, 0.05) is 12.6 Å². The molecule has 0 amide bonds. The predicted octanol–water partition coefficient (Wildman–Crippen LogP) is 2.06. The Morgan fingerprint density at radius 2 is 1.95 bits per heavy atom. The summed E-state index contributed by atoms with van der Waals surface area (Å²) in [6, 6.07) is 8.49. The average Bonchev–Trinajstić information content (AvgIpc) is 2.46. The molecule has 0 aliphatic carbocycles. The van der Waals surface area contributed by atoms with Crippen molar-refractivity contribution in [2.45, 2.75) is 38.3 Å². The lowest BCUT2D eigenvalue weighted by atomic mass is 10.00. The van der Waals surface area contributed by atoms with E-state index in [0.29, 0.717) is 6.04 Å². The molecule has 4 heteroatoms. The minimum absolute atomic E-state index is 0.439. The van der Waals surface area contributed by atoms with Crippen LogP contribution in [0, 0.1) is 0 Å². The van der Waals surface area contributed by atoms with Gasteiger partial charge in [-0.05, 0) is 51.0 Å². The Hall–Kier alpha value is -1.39. The van der Waals surface area contributed by atoms with E-state index < -0.39 is 11.9 Å². The van der Waals surface area contributed by atoms with Crippen LogP contribution in [0.5, 0.6) is 0 Å².